The fourth-order valence-electron chi connectivity index (χ4n) is 3.98. The van der Waals surface area contributed by atoms with Crippen LogP contribution in [0.25, 0.3) is 16.5 Å². The highest BCUT2D eigenvalue weighted by molar-refractivity contribution is 7.99. The van der Waals surface area contributed by atoms with Crippen LogP contribution in [-0.2, 0) is 13.2 Å². The molecule has 0 atom stereocenters. The topological polar surface area (TPSA) is 64.9 Å². The summed E-state index contributed by atoms with van der Waals surface area (Å²) in [5, 5.41) is 18.7. The molecule has 0 radical (unpaired) electrons. The van der Waals surface area contributed by atoms with Crippen molar-refractivity contribution in [3.8, 4) is 11.4 Å². The van der Waals surface area contributed by atoms with Crippen molar-refractivity contribution in [2.24, 2.45) is 0 Å². The number of nitrogens with one attached hydrogen (secondary N) is 1. The fourth-order valence-corrected chi connectivity index (χ4v) is 4.81. The normalized spacial score (nSPS) is 10.8. The summed E-state index contributed by atoms with van der Waals surface area (Å²) in [5.74, 6) is 1.39. The van der Waals surface area contributed by atoms with Gasteiger partial charge >= 0.3 is 0 Å². The maximum atomic E-state index is 14.1. The molecule has 6 nitrogen and oxygen atoms in total. The van der Waals surface area contributed by atoms with Gasteiger partial charge in [-0.15, -0.1) is 17.5 Å². The van der Waals surface area contributed by atoms with E-state index in [1.54, 1.807) is 28.6 Å². The van der Waals surface area contributed by atoms with Crippen molar-refractivity contribution in [3.05, 3.63) is 108 Å². The summed E-state index contributed by atoms with van der Waals surface area (Å²) in [6.07, 6.45) is 0.947. The van der Waals surface area contributed by atoms with Crippen LogP contribution in [0.5, 0.6) is 5.75 Å². The van der Waals surface area contributed by atoms with Crippen LogP contribution in [0.15, 0.2) is 96.2 Å². The number of thioether (sulfide) groups is 1. The van der Waals surface area contributed by atoms with Gasteiger partial charge < -0.3 is 10.1 Å². The molecule has 0 bridgehead atoms. The fraction of sp³-hybridized carbons (Fsp3) is 0.179. The quantitative estimate of drug-likeness (QED) is 0.160. The van der Waals surface area contributed by atoms with Crippen molar-refractivity contribution in [1.82, 2.24) is 25.5 Å². The minimum absolute atomic E-state index is 0. The van der Waals surface area contributed by atoms with Crippen molar-refractivity contribution in [1.29, 1.82) is 0 Å². The summed E-state index contributed by atoms with van der Waals surface area (Å²) < 4.78 is 21.9. The van der Waals surface area contributed by atoms with E-state index in [2.05, 4.69) is 33.0 Å². The molecular weight excluding hydrogens is 509 g/mol. The van der Waals surface area contributed by atoms with Crippen molar-refractivity contribution >= 4 is 34.9 Å². The second kappa shape index (κ2) is 13.2. The Morgan fingerprint density at radius 2 is 1.68 bits per heavy atom. The van der Waals surface area contributed by atoms with Crippen LogP contribution >= 0.6 is 24.2 Å². The van der Waals surface area contributed by atoms with E-state index in [0.29, 0.717) is 12.1 Å². The predicted octanol–water partition coefficient (Wildman–Crippen LogP) is 6.23. The molecular formula is C28H27ClFN5OS. The Bertz CT molecular complexity index is 1430. The first-order valence-corrected chi connectivity index (χ1v) is 12.8. The summed E-state index contributed by atoms with van der Waals surface area (Å²) in [5.41, 5.74) is 2.56. The van der Waals surface area contributed by atoms with E-state index in [-0.39, 0.29) is 24.8 Å². The Morgan fingerprint density at radius 1 is 0.892 bits per heavy atom. The highest BCUT2D eigenvalue weighted by atomic mass is 35.5. The largest absolute Gasteiger partial charge is 0.488 e. The van der Waals surface area contributed by atoms with Gasteiger partial charge in [0.15, 0.2) is 0 Å². The van der Waals surface area contributed by atoms with Gasteiger partial charge in [0, 0.05) is 23.4 Å². The number of hydrogen-bond donors (Lipinski definition) is 1. The van der Waals surface area contributed by atoms with Gasteiger partial charge in [-0.25, -0.2) is 4.39 Å². The molecule has 4 aromatic carbocycles. The third kappa shape index (κ3) is 6.65. The average Bonchev–Trinajstić information content (AvgIpc) is 3.39. The van der Waals surface area contributed by atoms with Gasteiger partial charge in [-0.2, -0.15) is 4.68 Å². The van der Waals surface area contributed by atoms with E-state index in [4.69, 9.17) is 4.74 Å². The Morgan fingerprint density at radius 3 is 2.54 bits per heavy atom. The molecule has 0 fully saturated rings. The molecule has 190 valence electrons. The van der Waals surface area contributed by atoms with E-state index in [0.717, 1.165) is 51.6 Å². The summed E-state index contributed by atoms with van der Waals surface area (Å²) in [6.45, 7) is 1.67. The molecule has 5 aromatic rings. The van der Waals surface area contributed by atoms with Crippen LogP contribution in [0.2, 0.25) is 0 Å². The highest BCUT2D eigenvalue weighted by Crippen LogP contribution is 2.29. The lowest BCUT2D eigenvalue weighted by Crippen LogP contribution is -2.16. The number of benzene rings is 4. The minimum atomic E-state index is -0.256. The molecule has 0 aliphatic heterocycles. The number of aromatic nitrogens is 4. The van der Waals surface area contributed by atoms with Gasteiger partial charge in [-0.1, -0.05) is 78.5 Å². The third-order valence-corrected chi connectivity index (χ3v) is 6.82. The molecule has 1 aromatic heterocycles. The summed E-state index contributed by atoms with van der Waals surface area (Å²) in [6, 6.07) is 28.9. The molecule has 0 amide bonds. The van der Waals surface area contributed by atoms with Gasteiger partial charge in [0.1, 0.15) is 18.2 Å². The van der Waals surface area contributed by atoms with E-state index < -0.39 is 0 Å². The zero-order chi connectivity index (χ0) is 24.6. The maximum absolute atomic E-state index is 14.1. The van der Waals surface area contributed by atoms with E-state index in [1.165, 1.54) is 6.07 Å². The van der Waals surface area contributed by atoms with E-state index in [9.17, 15) is 4.39 Å². The first-order valence-electron chi connectivity index (χ1n) is 11.8. The number of halogens is 2. The second-order valence-electron chi connectivity index (χ2n) is 8.23. The van der Waals surface area contributed by atoms with Gasteiger partial charge in [0.2, 0.25) is 5.16 Å². The van der Waals surface area contributed by atoms with Crippen LogP contribution in [-0.4, -0.2) is 32.5 Å². The second-order valence-corrected chi connectivity index (χ2v) is 9.29. The Hall–Kier alpha value is -3.46. The first kappa shape index (κ1) is 26.6. The first-order chi connectivity index (χ1) is 17.8. The molecule has 1 N–H and O–H groups in total. The van der Waals surface area contributed by atoms with Crippen molar-refractivity contribution in [2.45, 2.75) is 24.7 Å². The number of nitrogens with zero attached hydrogens (tertiary/aromatic N) is 4. The Kier molecular flexibility index (Phi) is 9.48. The molecule has 0 saturated carbocycles. The smallest absolute Gasteiger partial charge is 0.214 e. The van der Waals surface area contributed by atoms with Gasteiger partial charge in [-0.3, -0.25) is 0 Å². The SMILES string of the molecule is Cl.Fc1ccccc1COc1ccc2ccccc2c1CNCCCSc1nnnn1-c1ccccc1. The van der Waals surface area contributed by atoms with Crippen LogP contribution in [0, 0.1) is 5.82 Å². The monoisotopic (exact) mass is 535 g/mol. The summed E-state index contributed by atoms with van der Waals surface area (Å²) >= 11 is 1.63. The number of fused-ring (bicyclic) bond motifs is 1. The molecule has 0 spiro atoms. The Balaban J connectivity index is 0.00000320. The van der Waals surface area contributed by atoms with E-state index in [1.807, 2.05) is 60.7 Å². The maximum Gasteiger partial charge on any atom is 0.214 e. The average molecular weight is 536 g/mol. The molecule has 5 rings (SSSR count). The highest BCUT2D eigenvalue weighted by Gasteiger charge is 2.11. The zero-order valence-corrected chi connectivity index (χ0v) is 21.7. The molecule has 9 heteroatoms. The minimum Gasteiger partial charge on any atom is -0.488 e. The standard InChI is InChI=1S/C28H26FN5OS.ClH/c29-26-14-7-5-10-22(26)20-35-27-16-15-21-9-4-6-13-24(21)25(27)19-30-17-8-18-36-28-31-32-33-34(28)23-11-2-1-3-12-23;/h1-7,9-16,30H,8,17-20H2;1H. The lowest BCUT2D eigenvalue weighted by molar-refractivity contribution is 0.296. The van der Waals surface area contributed by atoms with Crippen molar-refractivity contribution in [2.75, 3.05) is 12.3 Å². The van der Waals surface area contributed by atoms with E-state index >= 15 is 0 Å². The number of tetrazole rings is 1. The van der Waals surface area contributed by atoms with Crippen LogP contribution < -0.4 is 10.1 Å². The van der Waals surface area contributed by atoms with Crippen LogP contribution in [0.1, 0.15) is 17.5 Å². The van der Waals surface area contributed by atoms with Crippen LogP contribution in [0.3, 0.4) is 0 Å². The summed E-state index contributed by atoms with van der Waals surface area (Å²) in [7, 11) is 0. The lowest BCUT2D eigenvalue weighted by atomic mass is 10.0. The van der Waals surface area contributed by atoms with Gasteiger partial charge in [0.05, 0.1) is 5.69 Å². The number of hydrogen-bond acceptors (Lipinski definition) is 6. The molecule has 0 unspecified atom stereocenters. The van der Waals surface area contributed by atoms with Crippen molar-refractivity contribution in [3.63, 3.8) is 0 Å². The number of ether oxygens (including phenoxy) is 1. The van der Waals surface area contributed by atoms with Gasteiger partial charge in [-0.05, 0) is 58.4 Å². The third-order valence-electron chi connectivity index (χ3n) is 5.81. The lowest BCUT2D eigenvalue weighted by Gasteiger charge is -2.15. The molecule has 1 heterocycles. The van der Waals surface area contributed by atoms with Crippen molar-refractivity contribution < 1.29 is 9.13 Å². The van der Waals surface area contributed by atoms with Crippen LogP contribution in [0.4, 0.5) is 4.39 Å². The molecule has 0 saturated heterocycles. The number of rotatable bonds is 11. The zero-order valence-electron chi connectivity index (χ0n) is 20.1. The molecule has 0 aliphatic carbocycles. The molecule has 0 aliphatic rings. The predicted molar refractivity (Wildman–Crippen MR) is 148 cm³/mol. The van der Waals surface area contributed by atoms with Gasteiger partial charge in [0.25, 0.3) is 0 Å². The molecule has 37 heavy (non-hydrogen) atoms. The Labute approximate surface area is 225 Å². The summed E-state index contributed by atoms with van der Waals surface area (Å²) in [4.78, 5) is 0. The number of para-hydroxylation sites is 1.